The van der Waals surface area contributed by atoms with Crippen molar-refractivity contribution in [3.63, 3.8) is 0 Å². The van der Waals surface area contributed by atoms with Gasteiger partial charge in [-0.05, 0) is 44.7 Å². The third-order valence-corrected chi connectivity index (χ3v) is 5.78. The van der Waals surface area contributed by atoms with E-state index in [4.69, 9.17) is 0 Å². The fraction of sp³-hybridized carbons (Fsp3) is 1.00. The molecule has 3 nitrogen and oxygen atoms in total. The molecule has 1 aliphatic heterocycles. The second-order valence-electron chi connectivity index (χ2n) is 7.49. The lowest BCUT2D eigenvalue weighted by molar-refractivity contribution is 0.0352. The van der Waals surface area contributed by atoms with Gasteiger partial charge >= 0.3 is 0 Å². The first kappa shape index (κ1) is 16.3. The molecule has 0 aromatic carbocycles. The van der Waals surface area contributed by atoms with Crippen LogP contribution in [-0.4, -0.2) is 62.7 Å². The van der Waals surface area contributed by atoms with Crippen LogP contribution in [0.25, 0.3) is 0 Å². The smallest absolute Gasteiger partial charge is 0.0218 e. The Morgan fingerprint density at radius 3 is 2.50 bits per heavy atom. The van der Waals surface area contributed by atoms with Crippen molar-refractivity contribution in [2.45, 2.75) is 52.0 Å². The third kappa shape index (κ3) is 3.96. The van der Waals surface area contributed by atoms with E-state index in [9.17, 15) is 0 Å². The molecule has 1 aliphatic carbocycles. The van der Waals surface area contributed by atoms with Crippen LogP contribution in [0.4, 0.5) is 0 Å². The van der Waals surface area contributed by atoms with Crippen LogP contribution in [-0.2, 0) is 0 Å². The van der Waals surface area contributed by atoms with Crippen LogP contribution in [0.1, 0.15) is 46.0 Å². The van der Waals surface area contributed by atoms with Gasteiger partial charge < -0.3 is 10.2 Å². The fourth-order valence-corrected chi connectivity index (χ4v) is 4.21. The maximum atomic E-state index is 3.48. The van der Waals surface area contributed by atoms with Crippen LogP contribution in [0, 0.1) is 11.3 Å². The van der Waals surface area contributed by atoms with E-state index < -0.39 is 0 Å². The molecule has 1 saturated carbocycles. The van der Waals surface area contributed by atoms with Crippen molar-refractivity contribution in [1.82, 2.24) is 15.1 Å². The summed E-state index contributed by atoms with van der Waals surface area (Å²) < 4.78 is 0. The zero-order valence-corrected chi connectivity index (χ0v) is 14.1. The summed E-state index contributed by atoms with van der Waals surface area (Å²) >= 11 is 0. The van der Waals surface area contributed by atoms with E-state index in [2.05, 4.69) is 43.1 Å². The quantitative estimate of drug-likeness (QED) is 0.835. The molecule has 1 N–H and O–H groups in total. The van der Waals surface area contributed by atoms with Crippen molar-refractivity contribution >= 4 is 0 Å². The molecule has 0 spiro atoms. The zero-order chi connectivity index (χ0) is 14.6. The molecular formula is C17H35N3. The maximum absolute atomic E-state index is 3.48. The normalized spacial score (nSPS) is 37.2. The topological polar surface area (TPSA) is 18.5 Å². The standard InChI is InChI=1S/C17H35N3/c1-5-16-12-20(11-10-19(16)4)14-17(13-18-3)8-6-15(2)7-9-17/h15-16,18H,5-14H2,1-4H3. The Kier molecular flexibility index (Phi) is 5.88. The average Bonchev–Trinajstić information content (AvgIpc) is 2.45. The molecule has 2 aliphatic rings. The van der Waals surface area contributed by atoms with E-state index in [1.54, 1.807) is 0 Å². The summed E-state index contributed by atoms with van der Waals surface area (Å²) in [6, 6.07) is 0.762. The Morgan fingerprint density at radius 2 is 1.90 bits per heavy atom. The highest BCUT2D eigenvalue weighted by Gasteiger charge is 2.36. The highest BCUT2D eigenvalue weighted by Crippen LogP contribution is 2.39. The van der Waals surface area contributed by atoms with Gasteiger partial charge in [-0.2, -0.15) is 0 Å². The van der Waals surface area contributed by atoms with Crippen LogP contribution in [0.15, 0.2) is 0 Å². The van der Waals surface area contributed by atoms with Crippen LogP contribution >= 0.6 is 0 Å². The van der Waals surface area contributed by atoms with E-state index in [0.717, 1.165) is 12.0 Å². The van der Waals surface area contributed by atoms with Crippen molar-refractivity contribution in [3.8, 4) is 0 Å². The third-order valence-electron chi connectivity index (χ3n) is 5.78. The number of hydrogen-bond acceptors (Lipinski definition) is 3. The van der Waals surface area contributed by atoms with E-state index in [1.165, 1.54) is 64.8 Å². The number of nitrogens with zero attached hydrogens (tertiary/aromatic N) is 2. The summed E-state index contributed by atoms with van der Waals surface area (Å²) in [6.07, 6.45) is 6.96. The molecular weight excluding hydrogens is 246 g/mol. The molecule has 3 heteroatoms. The van der Waals surface area contributed by atoms with Gasteiger partial charge in [0.1, 0.15) is 0 Å². The van der Waals surface area contributed by atoms with Crippen molar-refractivity contribution in [2.24, 2.45) is 11.3 Å². The molecule has 0 aromatic rings. The molecule has 0 aromatic heterocycles. The molecule has 0 radical (unpaired) electrons. The Hall–Kier alpha value is -0.120. The molecule has 1 atom stereocenters. The van der Waals surface area contributed by atoms with E-state index in [1.807, 2.05) is 0 Å². The molecule has 1 unspecified atom stereocenters. The van der Waals surface area contributed by atoms with Crippen molar-refractivity contribution in [3.05, 3.63) is 0 Å². The minimum Gasteiger partial charge on any atom is -0.319 e. The minimum absolute atomic E-state index is 0.537. The molecule has 0 bridgehead atoms. The summed E-state index contributed by atoms with van der Waals surface area (Å²) in [5.41, 5.74) is 0.537. The monoisotopic (exact) mass is 281 g/mol. The highest BCUT2D eigenvalue weighted by molar-refractivity contribution is 4.91. The van der Waals surface area contributed by atoms with E-state index in [-0.39, 0.29) is 0 Å². The van der Waals surface area contributed by atoms with Crippen LogP contribution < -0.4 is 5.32 Å². The van der Waals surface area contributed by atoms with Gasteiger partial charge in [-0.15, -0.1) is 0 Å². The number of nitrogens with one attached hydrogen (secondary N) is 1. The Balaban J connectivity index is 1.94. The zero-order valence-electron chi connectivity index (χ0n) is 14.1. The van der Waals surface area contributed by atoms with Crippen molar-refractivity contribution < 1.29 is 0 Å². The van der Waals surface area contributed by atoms with Gasteiger partial charge in [-0.3, -0.25) is 4.90 Å². The number of hydrogen-bond donors (Lipinski definition) is 1. The Labute approximate surface area is 126 Å². The summed E-state index contributed by atoms with van der Waals surface area (Å²) in [6.45, 7) is 11.0. The van der Waals surface area contributed by atoms with Gasteiger partial charge in [0.15, 0.2) is 0 Å². The first-order valence-electron chi connectivity index (χ1n) is 8.66. The van der Waals surface area contributed by atoms with E-state index >= 15 is 0 Å². The second-order valence-corrected chi connectivity index (χ2v) is 7.49. The summed E-state index contributed by atoms with van der Waals surface area (Å²) in [7, 11) is 4.41. The highest BCUT2D eigenvalue weighted by atomic mass is 15.3. The lowest BCUT2D eigenvalue weighted by Crippen LogP contribution is -2.55. The van der Waals surface area contributed by atoms with Gasteiger partial charge in [-0.25, -0.2) is 0 Å². The molecule has 2 rings (SSSR count). The molecule has 1 heterocycles. The summed E-state index contributed by atoms with van der Waals surface area (Å²) in [5, 5.41) is 3.48. The van der Waals surface area contributed by atoms with Gasteiger partial charge in [0, 0.05) is 38.8 Å². The fourth-order valence-electron chi connectivity index (χ4n) is 4.21. The second kappa shape index (κ2) is 7.24. The number of likely N-dealkylation sites (N-methyl/N-ethyl adjacent to an activating group) is 1. The van der Waals surface area contributed by atoms with Gasteiger partial charge in [0.2, 0.25) is 0 Å². The van der Waals surface area contributed by atoms with Gasteiger partial charge in [0.25, 0.3) is 0 Å². The predicted molar refractivity (Wildman–Crippen MR) is 87.1 cm³/mol. The van der Waals surface area contributed by atoms with E-state index in [0.29, 0.717) is 5.41 Å². The van der Waals surface area contributed by atoms with Crippen molar-refractivity contribution in [2.75, 3.05) is 46.8 Å². The molecule has 20 heavy (non-hydrogen) atoms. The predicted octanol–water partition coefficient (Wildman–Crippen LogP) is 2.43. The maximum Gasteiger partial charge on any atom is 0.0218 e. The SMILES string of the molecule is CCC1CN(CC2(CNC)CCC(C)CC2)CCN1C. The molecule has 0 amide bonds. The van der Waals surface area contributed by atoms with Crippen LogP contribution in [0.2, 0.25) is 0 Å². The first-order valence-corrected chi connectivity index (χ1v) is 8.66. The van der Waals surface area contributed by atoms with Crippen LogP contribution in [0.5, 0.6) is 0 Å². The van der Waals surface area contributed by atoms with Gasteiger partial charge in [0.05, 0.1) is 0 Å². The molecule has 118 valence electrons. The largest absolute Gasteiger partial charge is 0.319 e. The molecule has 2 fully saturated rings. The Bertz CT molecular complexity index is 284. The summed E-state index contributed by atoms with van der Waals surface area (Å²) in [4.78, 5) is 5.30. The number of piperazine rings is 1. The average molecular weight is 281 g/mol. The molecule has 1 saturated heterocycles. The first-order chi connectivity index (χ1) is 9.58. The van der Waals surface area contributed by atoms with Gasteiger partial charge in [-0.1, -0.05) is 26.7 Å². The van der Waals surface area contributed by atoms with Crippen molar-refractivity contribution in [1.29, 1.82) is 0 Å². The lowest BCUT2D eigenvalue weighted by Gasteiger charge is -2.46. The van der Waals surface area contributed by atoms with Crippen LogP contribution in [0.3, 0.4) is 0 Å². The summed E-state index contributed by atoms with van der Waals surface area (Å²) in [5.74, 6) is 0.941. The number of rotatable bonds is 5. The Morgan fingerprint density at radius 1 is 1.20 bits per heavy atom. The lowest BCUT2D eigenvalue weighted by atomic mass is 9.70. The minimum atomic E-state index is 0.537.